The first-order valence-corrected chi connectivity index (χ1v) is 7.48. The van der Waals surface area contributed by atoms with Crippen LogP contribution in [0.5, 0.6) is 0 Å². The molecule has 24 heavy (non-hydrogen) atoms. The first-order chi connectivity index (χ1) is 11.5. The number of aromatic nitrogens is 2. The van der Waals surface area contributed by atoms with E-state index < -0.39 is 30.4 Å². The van der Waals surface area contributed by atoms with Crippen LogP contribution in [0, 0.1) is 5.82 Å². The van der Waals surface area contributed by atoms with Gasteiger partial charge < -0.3 is 10.4 Å². The Kier molecular flexibility index (Phi) is 4.28. The van der Waals surface area contributed by atoms with Gasteiger partial charge in [0.2, 0.25) is 0 Å². The minimum atomic E-state index is -1.63. The van der Waals surface area contributed by atoms with Crippen LogP contribution in [0.3, 0.4) is 0 Å². The van der Waals surface area contributed by atoms with Crippen molar-refractivity contribution >= 4 is 11.9 Å². The summed E-state index contributed by atoms with van der Waals surface area (Å²) in [7, 11) is 0. The van der Waals surface area contributed by atoms with Gasteiger partial charge in [0.1, 0.15) is 18.2 Å². The van der Waals surface area contributed by atoms with Crippen molar-refractivity contribution < 1.29 is 23.5 Å². The first kappa shape index (κ1) is 16.1. The van der Waals surface area contributed by atoms with Crippen LogP contribution in [0.2, 0.25) is 0 Å². The van der Waals surface area contributed by atoms with E-state index in [1.165, 1.54) is 10.7 Å². The van der Waals surface area contributed by atoms with Crippen molar-refractivity contribution in [3.8, 4) is 5.69 Å². The number of rotatable bonds is 5. The number of para-hydroxylation sites is 1. The Morgan fingerprint density at radius 1 is 1.33 bits per heavy atom. The topological polar surface area (TPSA) is 84.2 Å². The maximum atomic E-state index is 14.0. The summed E-state index contributed by atoms with van der Waals surface area (Å²) in [6.45, 7) is -1.22. The lowest BCUT2D eigenvalue weighted by atomic mass is 10.2. The number of fused-ring (bicyclic) bond motifs is 1. The van der Waals surface area contributed by atoms with E-state index in [0.29, 0.717) is 18.4 Å². The smallest absolute Gasteiger partial charge is 0.328 e. The molecule has 0 fully saturated rings. The van der Waals surface area contributed by atoms with Crippen molar-refractivity contribution in [3.05, 3.63) is 47.0 Å². The van der Waals surface area contributed by atoms with Gasteiger partial charge in [-0.25, -0.2) is 18.3 Å². The summed E-state index contributed by atoms with van der Waals surface area (Å²) in [6.07, 6.45) is 2.00. The zero-order chi connectivity index (χ0) is 17.3. The number of carboxylic acid groups (broad SMARTS) is 1. The second-order valence-electron chi connectivity index (χ2n) is 5.51. The molecule has 3 rings (SSSR count). The highest BCUT2D eigenvalue weighted by atomic mass is 19.1. The van der Waals surface area contributed by atoms with Crippen LogP contribution in [0.4, 0.5) is 8.78 Å². The number of halogens is 2. The molecule has 0 saturated carbocycles. The number of aliphatic carboxylic acids is 1. The molecule has 8 heteroatoms. The Morgan fingerprint density at radius 2 is 2.08 bits per heavy atom. The number of nitrogens with zero attached hydrogens (tertiary/aromatic N) is 2. The summed E-state index contributed by atoms with van der Waals surface area (Å²) in [5, 5.41) is 15.1. The maximum Gasteiger partial charge on any atom is 0.328 e. The summed E-state index contributed by atoms with van der Waals surface area (Å²) in [5.41, 5.74) is 1.61. The van der Waals surface area contributed by atoms with Gasteiger partial charge in [-0.15, -0.1) is 0 Å². The van der Waals surface area contributed by atoms with Crippen molar-refractivity contribution in [1.82, 2.24) is 15.1 Å². The fourth-order valence-corrected chi connectivity index (χ4v) is 2.84. The van der Waals surface area contributed by atoms with Gasteiger partial charge in [-0.05, 0) is 31.4 Å². The number of benzene rings is 1. The Morgan fingerprint density at radius 3 is 2.75 bits per heavy atom. The summed E-state index contributed by atoms with van der Waals surface area (Å²) in [6, 6.07) is 4.42. The lowest BCUT2D eigenvalue weighted by molar-refractivity contribution is -0.139. The number of hydrogen-bond acceptors (Lipinski definition) is 3. The average molecular weight is 335 g/mol. The summed E-state index contributed by atoms with van der Waals surface area (Å²) in [5.74, 6) is -2.71. The van der Waals surface area contributed by atoms with Gasteiger partial charge >= 0.3 is 5.97 Å². The Hall–Kier alpha value is -2.77. The largest absolute Gasteiger partial charge is 0.480 e. The van der Waals surface area contributed by atoms with Crippen LogP contribution >= 0.6 is 0 Å². The zero-order valence-electron chi connectivity index (χ0n) is 12.6. The van der Waals surface area contributed by atoms with Gasteiger partial charge in [-0.1, -0.05) is 12.1 Å². The third kappa shape index (κ3) is 2.75. The second kappa shape index (κ2) is 6.38. The van der Waals surface area contributed by atoms with Crippen LogP contribution in [0.1, 0.15) is 28.2 Å². The summed E-state index contributed by atoms with van der Waals surface area (Å²) < 4.78 is 28.1. The number of carboxylic acids is 1. The van der Waals surface area contributed by atoms with Crippen LogP contribution in [0.25, 0.3) is 5.69 Å². The molecule has 1 aromatic carbocycles. The number of amides is 1. The molecule has 6 nitrogen and oxygen atoms in total. The van der Waals surface area contributed by atoms with Crippen LogP contribution < -0.4 is 5.32 Å². The monoisotopic (exact) mass is 335 g/mol. The Bertz CT molecular complexity index is 804. The van der Waals surface area contributed by atoms with Crippen LogP contribution in [-0.2, 0) is 17.6 Å². The van der Waals surface area contributed by atoms with Crippen molar-refractivity contribution in [2.75, 3.05) is 6.67 Å². The number of carbonyl (C=O) groups excluding carboxylic acids is 1. The first-order valence-electron chi connectivity index (χ1n) is 7.48. The molecule has 1 aromatic heterocycles. The predicted octanol–water partition coefficient (Wildman–Crippen LogP) is 1.65. The minimum absolute atomic E-state index is 0.0189. The molecule has 0 bridgehead atoms. The minimum Gasteiger partial charge on any atom is -0.480 e. The van der Waals surface area contributed by atoms with Crippen molar-refractivity contribution in [2.45, 2.75) is 25.3 Å². The normalized spacial score (nSPS) is 14.2. The molecule has 1 aliphatic carbocycles. The van der Waals surface area contributed by atoms with E-state index in [2.05, 4.69) is 10.4 Å². The molecule has 2 N–H and O–H groups in total. The summed E-state index contributed by atoms with van der Waals surface area (Å²) in [4.78, 5) is 23.2. The number of nitrogens with one attached hydrogen (secondary N) is 1. The highest BCUT2D eigenvalue weighted by molar-refractivity contribution is 5.96. The highest BCUT2D eigenvalue weighted by Gasteiger charge is 2.30. The predicted molar refractivity (Wildman–Crippen MR) is 80.4 cm³/mol. The molecule has 1 heterocycles. The fraction of sp³-hybridized carbons (Fsp3) is 0.312. The van der Waals surface area contributed by atoms with Crippen LogP contribution in [0.15, 0.2) is 24.3 Å². The van der Waals surface area contributed by atoms with E-state index in [1.54, 1.807) is 18.2 Å². The Labute approximate surface area is 136 Å². The lowest BCUT2D eigenvalue weighted by Gasteiger charge is -2.10. The third-order valence-electron chi connectivity index (χ3n) is 3.98. The number of hydrogen-bond donors (Lipinski definition) is 2. The van der Waals surface area contributed by atoms with Crippen molar-refractivity contribution in [2.24, 2.45) is 0 Å². The molecule has 1 atom stereocenters. The number of carbonyl (C=O) groups is 2. The fourth-order valence-electron chi connectivity index (χ4n) is 2.84. The van der Waals surface area contributed by atoms with Gasteiger partial charge in [0.25, 0.3) is 5.91 Å². The zero-order valence-corrected chi connectivity index (χ0v) is 12.6. The highest BCUT2D eigenvalue weighted by Crippen LogP contribution is 2.28. The SMILES string of the molecule is O=C(NC(CF)C(=O)O)c1nn(-c2ccccc2F)c2c1CCC2. The van der Waals surface area contributed by atoms with Gasteiger partial charge in [0.05, 0.1) is 0 Å². The van der Waals surface area contributed by atoms with Gasteiger partial charge in [-0.2, -0.15) is 5.10 Å². The molecule has 1 amide bonds. The molecular weight excluding hydrogens is 320 g/mol. The molecule has 0 aliphatic heterocycles. The molecule has 0 spiro atoms. The molecule has 1 aliphatic rings. The van der Waals surface area contributed by atoms with E-state index >= 15 is 0 Å². The summed E-state index contributed by atoms with van der Waals surface area (Å²) >= 11 is 0. The van der Waals surface area contributed by atoms with E-state index in [9.17, 15) is 18.4 Å². The average Bonchev–Trinajstić information content (AvgIpc) is 3.15. The van der Waals surface area contributed by atoms with Gasteiger partial charge in [-0.3, -0.25) is 4.79 Å². The molecular formula is C16H15F2N3O3. The standard InChI is InChI=1S/C16H15F2N3O3/c17-8-11(16(23)24)19-15(22)14-9-4-3-7-12(9)21(20-14)13-6-2-1-5-10(13)18/h1-2,5-6,11H,3-4,7-8H2,(H,19,22)(H,23,24). The van der Waals surface area contributed by atoms with Crippen molar-refractivity contribution in [3.63, 3.8) is 0 Å². The second-order valence-corrected chi connectivity index (χ2v) is 5.51. The molecule has 126 valence electrons. The van der Waals surface area contributed by atoms with E-state index in [0.717, 1.165) is 12.1 Å². The third-order valence-corrected chi connectivity index (χ3v) is 3.98. The lowest BCUT2D eigenvalue weighted by Crippen LogP contribution is -2.42. The number of alkyl halides is 1. The van der Waals surface area contributed by atoms with Gasteiger partial charge in [0, 0.05) is 11.3 Å². The van der Waals surface area contributed by atoms with E-state index in [4.69, 9.17) is 5.11 Å². The molecule has 0 saturated heterocycles. The van der Waals surface area contributed by atoms with Gasteiger partial charge in [0.15, 0.2) is 11.7 Å². The van der Waals surface area contributed by atoms with E-state index in [-0.39, 0.29) is 11.4 Å². The quantitative estimate of drug-likeness (QED) is 0.870. The molecule has 2 aromatic rings. The van der Waals surface area contributed by atoms with Crippen molar-refractivity contribution in [1.29, 1.82) is 0 Å². The van der Waals surface area contributed by atoms with Crippen LogP contribution in [-0.4, -0.2) is 39.5 Å². The van der Waals surface area contributed by atoms with E-state index in [1.807, 2.05) is 0 Å². The Balaban J connectivity index is 1.99. The maximum absolute atomic E-state index is 14.0. The molecule has 1 unspecified atom stereocenters. The molecule has 0 radical (unpaired) electrons.